The predicted octanol–water partition coefficient (Wildman–Crippen LogP) is 2.05. The predicted molar refractivity (Wildman–Crippen MR) is 66.7 cm³/mol. The summed E-state index contributed by atoms with van der Waals surface area (Å²) in [5.74, 6) is -0.539. The number of rotatable bonds is 2. The zero-order valence-electron chi connectivity index (χ0n) is 9.71. The van der Waals surface area contributed by atoms with Crippen LogP contribution in [0.15, 0.2) is 36.7 Å². The summed E-state index contributed by atoms with van der Waals surface area (Å²) in [7, 11) is 0. The molecule has 1 aromatic heterocycles. The summed E-state index contributed by atoms with van der Waals surface area (Å²) in [6, 6.07) is 6.26. The van der Waals surface area contributed by atoms with Gasteiger partial charge < -0.3 is 15.5 Å². The normalized spacial score (nSPS) is 10.1. The maximum atomic E-state index is 11.9. The highest BCUT2D eigenvalue weighted by Crippen LogP contribution is 2.25. The van der Waals surface area contributed by atoms with Gasteiger partial charge in [-0.25, -0.2) is 0 Å². The lowest BCUT2D eigenvalue weighted by atomic mass is 10.1. The molecule has 0 spiro atoms. The van der Waals surface area contributed by atoms with Crippen molar-refractivity contribution in [3.05, 3.63) is 47.8 Å². The number of anilines is 1. The highest BCUT2D eigenvalue weighted by atomic mass is 16.3. The lowest BCUT2D eigenvalue weighted by Gasteiger charge is -2.09. The van der Waals surface area contributed by atoms with Crippen LogP contribution in [0, 0.1) is 6.92 Å². The third kappa shape index (κ3) is 2.24. The van der Waals surface area contributed by atoms with Gasteiger partial charge in [0.05, 0.1) is 11.8 Å². The molecule has 0 aliphatic carbocycles. The number of nitrogens with zero attached hydrogens (tertiary/aromatic N) is 1. The van der Waals surface area contributed by atoms with E-state index in [-0.39, 0.29) is 17.1 Å². The second-order valence-corrected chi connectivity index (χ2v) is 3.80. The number of hydrogen-bond acceptors (Lipinski definition) is 4. The summed E-state index contributed by atoms with van der Waals surface area (Å²) in [5.41, 5.74) is 1.20. The van der Waals surface area contributed by atoms with E-state index in [4.69, 9.17) is 0 Å². The minimum atomic E-state index is -0.455. The molecule has 0 unspecified atom stereocenters. The first-order chi connectivity index (χ1) is 8.59. The Morgan fingerprint density at radius 2 is 2.00 bits per heavy atom. The van der Waals surface area contributed by atoms with Gasteiger partial charge in [-0.1, -0.05) is 6.07 Å². The second-order valence-electron chi connectivity index (χ2n) is 3.80. The summed E-state index contributed by atoms with van der Waals surface area (Å²) in [5, 5.41) is 21.7. The van der Waals surface area contributed by atoms with Crippen LogP contribution in [0.5, 0.6) is 11.5 Å². The van der Waals surface area contributed by atoms with Crippen LogP contribution in [-0.2, 0) is 0 Å². The molecule has 5 heteroatoms. The summed E-state index contributed by atoms with van der Waals surface area (Å²) in [4.78, 5) is 15.6. The standard InChI is InChI=1S/C13H12N2O3/c1-8-10(3-2-4-11(8)16)15-13(18)9-5-6-14-7-12(9)17/h2-7,16-17H,1H3,(H,15,18). The van der Waals surface area contributed by atoms with E-state index in [1.807, 2.05) is 0 Å². The third-order valence-electron chi connectivity index (χ3n) is 2.60. The van der Waals surface area contributed by atoms with Crippen molar-refractivity contribution in [2.45, 2.75) is 6.92 Å². The van der Waals surface area contributed by atoms with E-state index in [0.717, 1.165) is 0 Å². The van der Waals surface area contributed by atoms with E-state index >= 15 is 0 Å². The molecule has 18 heavy (non-hydrogen) atoms. The van der Waals surface area contributed by atoms with Gasteiger partial charge >= 0.3 is 0 Å². The number of nitrogens with one attached hydrogen (secondary N) is 1. The summed E-state index contributed by atoms with van der Waals surface area (Å²) in [6.07, 6.45) is 2.62. The second kappa shape index (κ2) is 4.75. The van der Waals surface area contributed by atoms with Gasteiger partial charge in [-0.05, 0) is 25.1 Å². The van der Waals surface area contributed by atoms with Gasteiger partial charge in [-0.2, -0.15) is 0 Å². The maximum Gasteiger partial charge on any atom is 0.259 e. The number of hydrogen-bond donors (Lipinski definition) is 3. The van der Waals surface area contributed by atoms with Crippen LogP contribution in [0.1, 0.15) is 15.9 Å². The van der Waals surface area contributed by atoms with Crippen LogP contribution in [0.25, 0.3) is 0 Å². The number of aromatic hydroxyl groups is 2. The molecular weight excluding hydrogens is 232 g/mol. The molecule has 1 amide bonds. The Morgan fingerprint density at radius 1 is 1.22 bits per heavy atom. The fourth-order valence-electron chi connectivity index (χ4n) is 1.53. The van der Waals surface area contributed by atoms with Crippen LogP contribution in [-0.4, -0.2) is 21.1 Å². The Morgan fingerprint density at radius 3 is 2.72 bits per heavy atom. The fourth-order valence-corrected chi connectivity index (χ4v) is 1.53. The average molecular weight is 244 g/mol. The van der Waals surface area contributed by atoms with E-state index in [9.17, 15) is 15.0 Å². The molecule has 2 rings (SSSR count). The monoisotopic (exact) mass is 244 g/mol. The van der Waals surface area contributed by atoms with Crippen molar-refractivity contribution in [1.29, 1.82) is 0 Å². The third-order valence-corrected chi connectivity index (χ3v) is 2.60. The highest BCUT2D eigenvalue weighted by Gasteiger charge is 2.12. The van der Waals surface area contributed by atoms with Gasteiger partial charge in [-0.3, -0.25) is 9.78 Å². The lowest BCUT2D eigenvalue weighted by molar-refractivity contribution is 0.102. The molecule has 92 valence electrons. The highest BCUT2D eigenvalue weighted by molar-refractivity contribution is 6.06. The number of benzene rings is 1. The van der Waals surface area contributed by atoms with Crippen LogP contribution in [0.2, 0.25) is 0 Å². The summed E-state index contributed by atoms with van der Waals surface area (Å²) < 4.78 is 0. The maximum absolute atomic E-state index is 11.9. The fraction of sp³-hybridized carbons (Fsp3) is 0.0769. The van der Waals surface area contributed by atoms with Gasteiger partial charge in [0.2, 0.25) is 0 Å². The van der Waals surface area contributed by atoms with Crippen LogP contribution in [0.3, 0.4) is 0 Å². The van der Waals surface area contributed by atoms with Crippen molar-refractivity contribution in [2.75, 3.05) is 5.32 Å². The minimum absolute atomic E-state index is 0.103. The smallest absolute Gasteiger partial charge is 0.259 e. The van der Waals surface area contributed by atoms with Crippen LogP contribution >= 0.6 is 0 Å². The first-order valence-electron chi connectivity index (χ1n) is 5.32. The topological polar surface area (TPSA) is 82.5 Å². The van der Waals surface area contributed by atoms with Crippen molar-refractivity contribution >= 4 is 11.6 Å². The Labute approximate surface area is 104 Å². The molecule has 5 nitrogen and oxygen atoms in total. The molecule has 0 saturated heterocycles. The van der Waals surface area contributed by atoms with Crippen molar-refractivity contribution in [3.63, 3.8) is 0 Å². The molecule has 0 bridgehead atoms. The quantitative estimate of drug-likeness (QED) is 0.755. The SMILES string of the molecule is Cc1c(O)cccc1NC(=O)c1ccncc1O. The van der Waals surface area contributed by atoms with E-state index in [2.05, 4.69) is 10.3 Å². The number of phenols is 1. The van der Waals surface area contributed by atoms with Gasteiger partial charge in [0.15, 0.2) is 0 Å². The zero-order chi connectivity index (χ0) is 13.1. The zero-order valence-corrected chi connectivity index (χ0v) is 9.71. The lowest BCUT2D eigenvalue weighted by Crippen LogP contribution is -2.13. The molecule has 2 aromatic rings. The molecule has 0 saturated carbocycles. The number of amides is 1. The Bertz CT molecular complexity index is 597. The minimum Gasteiger partial charge on any atom is -0.508 e. The number of carbonyl (C=O) groups is 1. The Balaban J connectivity index is 2.27. The molecule has 0 radical (unpaired) electrons. The molecule has 0 aliphatic heterocycles. The van der Waals surface area contributed by atoms with Gasteiger partial charge in [0.25, 0.3) is 5.91 Å². The van der Waals surface area contributed by atoms with Crippen LogP contribution in [0.4, 0.5) is 5.69 Å². The molecule has 1 heterocycles. The Hall–Kier alpha value is -2.56. The molecule has 0 fully saturated rings. The summed E-state index contributed by atoms with van der Waals surface area (Å²) in [6.45, 7) is 1.69. The van der Waals surface area contributed by atoms with Gasteiger partial charge in [0.1, 0.15) is 11.5 Å². The number of phenolic OH excluding ortho intramolecular Hbond substituents is 1. The van der Waals surface area contributed by atoms with Crippen LogP contribution < -0.4 is 5.32 Å². The van der Waals surface area contributed by atoms with Crippen molar-refractivity contribution in [1.82, 2.24) is 4.98 Å². The first kappa shape index (κ1) is 11.9. The number of aromatic nitrogens is 1. The Kier molecular flexibility index (Phi) is 3.14. The van der Waals surface area contributed by atoms with E-state index in [1.54, 1.807) is 19.1 Å². The van der Waals surface area contributed by atoms with Gasteiger partial charge in [-0.15, -0.1) is 0 Å². The van der Waals surface area contributed by atoms with E-state index in [0.29, 0.717) is 11.3 Å². The molecule has 1 aromatic carbocycles. The molecule has 0 aliphatic rings. The first-order valence-corrected chi connectivity index (χ1v) is 5.32. The van der Waals surface area contributed by atoms with Crippen molar-refractivity contribution < 1.29 is 15.0 Å². The average Bonchev–Trinajstić information content (AvgIpc) is 2.35. The summed E-state index contributed by atoms with van der Waals surface area (Å²) >= 11 is 0. The molecule has 3 N–H and O–H groups in total. The molecule has 0 atom stereocenters. The van der Waals surface area contributed by atoms with Crippen molar-refractivity contribution in [2.24, 2.45) is 0 Å². The molecular formula is C13H12N2O3. The van der Waals surface area contributed by atoms with E-state index in [1.165, 1.54) is 24.5 Å². The van der Waals surface area contributed by atoms with Crippen molar-refractivity contribution in [3.8, 4) is 11.5 Å². The largest absolute Gasteiger partial charge is 0.508 e. The number of carbonyl (C=O) groups excluding carboxylic acids is 1. The van der Waals surface area contributed by atoms with Gasteiger partial charge in [0, 0.05) is 17.4 Å². The van der Waals surface area contributed by atoms with E-state index < -0.39 is 5.91 Å². The number of pyridine rings is 1.